The first-order chi connectivity index (χ1) is 15.9. The van der Waals surface area contributed by atoms with Gasteiger partial charge in [-0.2, -0.15) is 0 Å². The van der Waals surface area contributed by atoms with Crippen molar-refractivity contribution < 1.29 is 24.5 Å². The van der Waals surface area contributed by atoms with Crippen LogP contribution in [0.1, 0.15) is 35.9 Å². The van der Waals surface area contributed by atoms with E-state index in [0.29, 0.717) is 38.0 Å². The molecule has 0 aliphatic carbocycles. The minimum absolute atomic E-state index is 0.157. The Bertz CT molecular complexity index is 1020. The van der Waals surface area contributed by atoms with Crippen LogP contribution in [-0.4, -0.2) is 42.5 Å². The van der Waals surface area contributed by atoms with Crippen molar-refractivity contribution >= 4 is 5.97 Å². The van der Waals surface area contributed by atoms with E-state index in [1.165, 1.54) is 0 Å². The van der Waals surface area contributed by atoms with Crippen molar-refractivity contribution in [2.24, 2.45) is 5.92 Å². The first-order valence-electron chi connectivity index (χ1n) is 11.1. The monoisotopic (exact) mass is 449 g/mol. The van der Waals surface area contributed by atoms with Crippen LogP contribution < -0.4 is 14.8 Å². The summed E-state index contributed by atoms with van der Waals surface area (Å²) in [5, 5.41) is 22.8. The molecule has 0 heterocycles. The summed E-state index contributed by atoms with van der Waals surface area (Å²) in [5.74, 6) is 0.400. The molecule has 3 rings (SSSR count). The molecule has 6 nitrogen and oxygen atoms in total. The molecule has 3 N–H and O–H groups in total. The van der Waals surface area contributed by atoms with Gasteiger partial charge in [0.2, 0.25) is 0 Å². The van der Waals surface area contributed by atoms with Crippen molar-refractivity contribution in [1.82, 2.24) is 5.32 Å². The number of aliphatic hydroxyl groups is 1. The number of carboxylic acids is 1. The number of hydrogen-bond acceptors (Lipinski definition) is 5. The van der Waals surface area contributed by atoms with E-state index in [-0.39, 0.29) is 5.56 Å². The van der Waals surface area contributed by atoms with Crippen molar-refractivity contribution in [3.05, 3.63) is 83.9 Å². The topological polar surface area (TPSA) is 88.0 Å². The van der Waals surface area contributed by atoms with Gasteiger partial charge < -0.3 is 25.0 Å². The van der Waals surface area contributed by atoms with Crippen LogP contribution in [0.4, 0.5) is 0 Å². The minimum Gasteiger partial charge on any atom is -0.492 e. The highest BCUT2D eigenvalue weighted by Crippen LogP contribution is 2.29. The third-order valence-electron chi connectivity index (χ3n) is 5.04. The maximum absolute atomic E-state index is 11.5. The molecular formula is C27H31NO5. The Labute approximate surface area is 194 Å². The highest BCUT2D eigenvalue weighted by molar-refractivity contribution is 5.92. The van der Waals surface area contributed by atoms with Crippen LogP contribution in [0.15, 0.2) is 72.8 Å². The number of aliphatic hydroxyl groups excluding tert-OH is 1. The van der Waals surface area contributed by atoms with Crippen molar-refractivity contribution in [2.75, 3.05) is 26.3 Å². The van der Waals surface area contributed by atoms with Gasteiger partial charge >= 0.3 is 5.97 Å². The maximum atomic E-state index is 11.5. The predicted octanol–water partition coefficient (Wildman–Crippen LogP) is 4.79. The number of rotatable bonds is 12. The van der Waals surface area contributed by atoms with Crippen molar-refractivity contribution in [3.8, 4) is 22.6 Å². The van der Waals surface area contributed by atoms with Gasteiger partial charge in [-0.1, -0.05) is 62.4 Å². The minimum atomic E-state index is -1.01. The van der Waals surface area contributed by atoms with E-state index in [2.05, 4.69) is 5.32 Å². The molecule has 0 bridgehead atoms. The lowest BCUT2D eigenvalue weighted by molar-refractivity contribution is 0.0691. The largest absolute Gasteiger partial charge is 0.492 e. The zero-order valence-corrected chi connectivity index (χ0v) is 19.0. The lowest BCUT2D eigenvalue weighted by Gasteiger charge is -2.14. The van der Waals surface area contributed by atoms with E-state index in [9.17, 15) is 15.0 Å². The third-order valence-corrected chi connectivity index (χ3v) is 5.04. The Balaban J connectivity index is 1.52. The van der Waals surface area contributed by atoms with E-state index in [0.717, 1.165) is 22.4 Å². The van der Waals surface area contributed by atoms with Crippen molar-refractivity contribution in [2.45, 2.75) is 20.0 Å². The molecule has 174 valence electrons. The molecule has 0 spiro atoms. The van der Waals surface area contributed by atoms with Crippen LogP contribution in [0, 0.1) is 5.92 Å². The zero-order valence-electron chi connectivity index (χ0n) is 19.0. The number of aromatic carboxylic acids is 1. The predicted molar refractivity (Wildman–Crippen MR) is 129 cm³/mol. The number of nitrogens with one attached hydrogen (secondary N) is 1. The average Bonchev–Trinajstić information content (AvgIpc) is 2.83. The highest BCUT2D eigenvalue weighted by Gasteiger charge is 2.13. The van der Waals surface area contributed by atoms with Crippen molar-refractivity contribution in [3.63, 3.8) is 0 Å². The van der Waals surface area contributed by atoms with Crippen LogP contribution >= 0.6 is 0 Å². The quantitative estimate of drug-likeness (QED) is 0.345. The molecule has 3 aromatic carbocycles. The van der Waals surface area contributed by atoms with E-state index < -0.39 is 12.1 Å². The summed E-state index contributed by atoms with van der Waals surface area (Å²) in [5.41, 5.74) is 2.86. The van der Waals surface area contributed by atoms with Gasteiger partial charge in [-0.3, -0.25) is 0 Å². The lowest BCUT2D eigenvalue weighted by Crippen LogP contribution is -2.26. The molecule has 0 radical (unpaired) electrons. The van der Waals surface area contributed by atoms with E-state index >= 15 is 0 Å². The number of hydrogen-bond donors (Lipinski definition) is 3. The van der Waals surface area contributed by atoms with E-state index in [1.807, 2.05) is 68.4 Å². The summed E-state index contributed by atoms with van der Waals surface area (Å²) in [7, 11) is 0. The molecule has 0 unspecified atom stereocenters. The first kappa shape index (κ1) is 24.3. The first-order valence-corrected chi connectivity index (χ1v) is 11.1. The molecule has 6 heteroatoms. The molecule has 0 amide bonds. The summed E-state index contributed by atoms with van der Waals surface area (Å²) in [6, 6.07) is 22.3. The summed E-state index contributed by atoms with van der Waals surface area (Å²) < 4.78 is 11.5. The molecule has 0 aliphatic rings. The van der Waals surface area contributed by atoms with Crippen LogP contribution in [0.3, 0.4) is 0 Å². The maximum Gasteiger partial charge on any atom is 0.339 e. The summed E-state index contributed by atoms with van der Waals surface area (Å²) in [6.45, 7) is 6.03. The molecule has 0 aromatic heterocycles. The molecule has 0 fully saturated rings. The van der Waals surface area contributed by atoms with E-state index in [4.69, 9.17) is 9.47 Å². The standard InChI is InChI=1S/C27H31NO5/c1-19(2)18-33-26-16-22(10-13-24(26)27(30)31)20-8-11-23(12-9-20)32-15-14-28-17-25(29)21-6-4-3-5-7-21/h3-13,16,19,25,28-29H,14-15,17-18H2,1-2H3,(H,30,31)/t25-/m0/s1. The number of ether oxygens (including phenoxy) is 2. The van der Waals surface area contributed by atoms with Crippen LogP contribution in [0.25, 0.3) is 11.1 Å². The van der Waals surface area contributed by atoms with Gasteiger partial charge in [0.05, 0.1) is 12.7 Å². The van der Waals surface area contributed by atoms with Gasteiger partial charge in [-0.05, 0) is 46.9 Å². The molecule has 3 aromatic rings. The average molecular weight is 450 g/mol. The number of carbonyl (C=O) groups is 1. The summed E-state index contributed by atoms with van der Waals surface area (Å²) in [6.07, 6.45) is -0.549. The normalized spacial score (nSPS) is 11.9. The Kier molecular flexibility index (Phi) is 8.87. The lowest BCUT2D eigenvalue weighted by atomic mass is 10.0. The molecule has 0 saturated heterocycles. The van der Waals surface area contributed by atoms with Gasteiger partial charge in [0.1, 0.15) is 23.7 Å². The second kappa shape index (κ2) is 12.0. The highest BCUT2D eigenvalue weighted by atomic mass is 16.5. The molecular weight excluding hydrogens is 418 g/mol. The SMILES string of the molecule is CC(C)COc1cc(-c2ccc(OCCNC[C@H](O)c3ccccc3)cc2)ccc1C(=O)O. The fourth-order valence-corrected chi connectivity index (χ4v) is 3.27. The summed E-state index contributed by atoms with van der Waals surface area (Å²) >= 11 is 0. The van der Waals surface area contributed by atoms with Gasteiger partial charge in [0, 0.05) is 13.1 Å². The second-order valence-corrected chi connectivity index (χ2v) is 8.22. The molecule has 1 atom stereocenters. The van der Waals surface area contributed by atoms with Gasteiger partial charge in [0.15, 0.2) is 0 Å². The zero-order chi connectivity index (χ0) is 23.6. The van der Waals surface area contributed by atoms with Gasteiger partial charge in [0.25, 0.3) is 0 Å². The fraction of sp³-hybridized carbons (Fsp3) is 0.296. The third kappa shape index (κ3) is 7.34. The van der Waals surface area contributed by atoms with Crippen LogP contribution in [-0.2, 0) is 0 Å². The van der Waals surface area contributed by atoms with Gasteiger partial charge in [-0.25, -0.2) is 4.79 Å². The fourth-order valence-electron chi connectivity index (χ4n) is 3.27. The Morgan fingerprint density at radius 1 is 0.939 bits per heavy atom. The Morgan fingerprint density at radius 2 is 1.64 bits per heavy atom. The summed E-state index contributed by atoms with van der Waals surface area (Å²) in [4.78, 5) is 11.5. The Morgan fingerprint density at radius 3 is 2.30 bits per heavy atom. The van der Waals surface area contributed by atoms with Crippen molar-refractivity contribution in [1.29, 1.82) is 0 Å². The molecule has 0 aliphatic heterocycles. The second-order valence-electron chi connectivity index (χ2n) is 8.22. The molecule has 33 heavy (non-hydrogen) atoms. The van der Waals surface area contributed by atoms with Crippen LogP contribution in [0.2, 0.25) is 0 Å². The smallest absolute Gasteiger partial charge is 0.339 e. The Hall–Kier alpha value is -3.35. The van der Waals surface area contributed by atoms with E-state index in [1.54, 1.807) is 18.2 Å². The van der Waals surface area contributed by atoms with Gasteiger partial charge in [-0.15, -0.1) is 0 Å². The number of benzene rings is 3. The molecule has 0 saturated carbocycles. The number of carboxylic acid groups (broad SMARTS) is 1. The van der Waals surface area contributed by atoms with Crippen LogP contribution in [0.5, 0.6) is 11.5 Å².